The van der Waals surface area contributed by atoms with Crippen LogP contribution in [0.25, 0.3) is 0 Å². The first kappa shape index (κ1) is 21.7. The number of hydrazine groups is 1. The normalized spacial score (nSPS) is 13.7. The van der Waals surface area contributed by atoms with E-state index in [9.17, 15) is 4.79 Å². The number of aryl methyl sites for hydroxylation is 1. The first-order chi connectivity index (χ1) is 15.5. The van der Waals surface area contributed by atoms with Crippen molar-refractivity contribution in [2.24, 2.45) is 0 Å². The number of benzene rings is 2. The molecule has 8 nitrogen and oxygen atoms in total. The van der Waals surface area contributed by atoms with Crippen molar-refractivity contribution in [1.82, 2.24) is 15.4 Å². The fourth-order valence-corrected chi connectivity index (χ4v) is 4.03. The van der Waals surface area contributed by atoms with Crippen LogP contribution in [0.5, 0.6) is 0 Å². The van der Waals surface area contributed by atoms with E-state index in [4.69, 9.17) is 17.3 Å². The number of carbonyl (C=O) groups is 1. The second-order valence-corrected chi connectivity index (χ2v) is 8.12. The Kier molecular flexibility index (Phi) is 6.32. The second-order valence-electron chi connectivity index (χ2n) is 7.71. The zero-order chi connectivity index (χ0) is 22.7. The van der Waals surface area contributed by atoms with Crippen LogP contribution < -0.4 is 26.4 Å². The number of nitrogens with zero attached hydrogens (tertiary/aromatic N) is 4. The van der Waals surface area contributed by atoms with Gasteiger partial charge in [-0.15, -0.1) is 0 Å². The van der Waals surface area contributed by atoms with Gasteiger partial charge in [0.1, 0.15) is 12.0 Å². The molecule has 1 fully saturated rings. The van der Waals surface area contributed by atoms with Gasteiger partial charge in [-0.05, 0) is 43.2 Å². The molecule has 9 heteroatoms. The summed E-state index contributed by atoms with van der Waals surface area (Å²) < 4.78 is 0. The summed E-state index contributed by atoms with van der Waals surface area (Å²) in [5.41, 5.74) is 16.3. The highest BCUT2D eigenvalue weighted by molar-refractivity contribution is 6.33. The molecule has 0 bridgehead atoms. The number of hydrogen-bond donors (Lipinski definition) is 3. The Morgan fingerprint density at radius 3 is 2.47 bits per heavy atom. The van der Waals surface area contributed by atoms with Gasteiger partial charge in [-0.25, -0.2) is 9.97 Å². The Hall–Kier alpha value is -3.52. The number of nitrogens with two attached hydrogens (primary N) is 1. The smallest absolute Gasteiger partial charge is 0.271 e. The van der Waals surface area contributed by atoms with E-state index in [0.717, 1.165) is 26.2 Å². The van der Waals surface area contributed by atoms with Crippen molar-refractivity contribution >= 4 is 40.5 Å². The van der Waals surface area contributed by atoms with Gasteiger partial charge in [0.05, 0.1) is 10.6 Å². The average molecular weight is 452 g/mol. The number of aromatic nitrogens is 2. The van der Waals surface area contributed by atoms with E-state index < -0.39 is 0 Å². The number of rotatable bonds is 5. The molecule has 166 valence electrons. The van der Waals surface area contributed by atoms with Gasteiger partial charge in [0.15, 0.2) is 11.6 Å². The summed E-state index contributed by atoms with van der Waals surface area (Å²) in [6, 6.07) is 13.2. The van der Waals surface area contributed by atoms with Crippen molar-refractivity contribution in [1.29, 1.82) is 0 Å². The van der Waals surface area contributed by atoms with Crippen LogP contribution in [0.3, 0.4) is 0 Å². The topological polar surface area (TPSA) is 99.4 Å². The number of nitrogen functional groups attached to an aromatic ring is 1. The molecular formula is C23H26ClN7O. The van der Waals surface area contributed by atoms with E-state index in [1.165, 1.54) is 23.1 Å². The summed E-state index contributed by atoms with van der Waals surface area (Å²) >= 11 is 6.08. The van der Waals surface area contributed by atoms with Crippen LogP contribution in [0.2, 0.25) is 5.02 Å². The monoisotopic (exact) mass is 451 g/mol. The molecular weight excluding hydrogens is 426 g/mol. The zero-order valence-corrected chi connectivity index (χ0v) is 18.9. The standard InChI is InChI=1S/C23H26ClN7O/c1-15-6-5-9-19(16(15)2)30-10-12-31(13-11-30)22-20(25)21(26-14-27-22)28-29-23(32)17-7-3-4-8-18(17)24/h3-9,14H,10-13,25H2,1-2H3,(H,29,32)(H,26,27,28). The lowest BCUT2D eigenvalue weighted by Crippen LogP contribution is -2.47. The Balaban J connectivity index is 1.42. The van der Waals surface area contributed by atoms with E-state index in [1.807, 2.05) is 0 Å². The average Bonchev–Trinajstić information content (AvgIpc) is 2.80. The third-order valence-corrected chi connectivity index (χ3v) is 6.10. The molecule has 2 aromatic carbocycles. The highest BCUT2D eigenvalue weighted by atomic mass is 35.5. The predicted molar refractivity (Wildman–Crippen MR) is 129 cm³/mol. The molecule has 1 aliphatic heterocycles. The van der Waals surface area contributed by atoms with Crippen LogP contribution >= 0.6 is 11.6 Å². The number of piperazine rings is 1. The lowest BCUT2D eigenvalue weighted by Gasteiger charge is -2.38. The third kappa shape index (κ3) is 4.40. The van der Waals surface area contributed by atoms with Gasteiger partial charge in [-0.1, -0.05) is 35.9 Å². The summed E-state index contributed by atoms with van der Waals surface area (Å²) in [7, 11) is 0. The first-order valence-electron chi connectivity index (χ1n) is 10.4. The van der Waals surface area contributed by atoms with Crippen LogP contribution in [0, 0.1) is 13.8 Å². The minimum absolute atomic E-state index is 0.340. The van der Waals surface area contributed by atoms with Crippen LogP contribution in [0.4, 0.5) is 23.0 Å². The molecule has 4 N–H and O–H groups in total. The quantitative estimate of drug-likeness (QED) is 0.511. The summed E-state index contributed by atoms with van der Waals surface area (Å²) in [6.07, 6.45) is 1.44. The highest BCUT2D eigenvalue weighted by Gasteiger charge is 2.22. The molecule has 0 spiro atoms. The molecule has 1 amide bonds. The molecule has 2 heterocycles. The van der Waals surface area contributed by atoms with Crippen LogP contribution in [-0.2, 0) is 0 Å². The summed E-state index contributed by atoms with van der Waals surface area (Å²) in [6.45, 7) is 7.57. The minimum atomic E-state index is -0.377. The molecule has 1 saturated heterocycles. The summed E-state index contributed by atoms with van der Waals surface area (Å²) in [5.74, 6) is 0.611. The van der Waals surface area contributed by atoms with E-state index in [1.54, 1.807) is 24.3 Å². The maximum absolute atomic E-state index is 12.4. The van der Waals surface area contributed by atoms with Crippen molar-refractivity contribution in [3.63, 3.8) is 0 Å². The maximum atomic E-state index is 12.4. The van der Waals surface area contributed by atoms with Gasteiger partial charge in [-0.2, -0.15) is 0 Å². The Morgan fingerprint density at radius 2 is 1.72 bits per heavy atom. The lowest BCUT2D eigenvalue weighted by molar-refractivity contribution is 0.0962. The second kappa shape index (κ2) is 9.32. The Morgan fingerprint density at radius 1 is 1.00 bits per heavy atom. The van der Waals surface area contributed by atoms with Crippen molar-refractivity contribution in [3.8, 4) is 0 Å². The molecule has 0 saturated carbocycles. The van der Waals surface area contributed by atoms with E-state index in [2.05, 4.69) is 62.7 Å². The number of amides is 1. The SMILES string of the molecule is Cc1cccc(N2CCN(c3ncnc(NNC(=O)c4ccccc4Cl)c3N)CC2)c1C. The largest absolute Gasteiger partial charge is 0.393 e. The third-order valence-electron chi connectivity index (χ3n) is 5.77. The number of anilines is 4. The number of nitrogens with one attached hydrogen (secondary N) is 2. The van der Waals surface area contributed by atoms with E-state index in [-0.39, 0.29) is 5.91 Å². The first-order valence-corrected chi connectivity index (χ1v) is 10.8. The Labute approximate surface area is 192 Å². The van der Waals surface area contributed by atoms with E-state index in [0.29, 0.717) is 27.9 Å². The van der Waals surface area contributed by atoms with Crippen LogP contribution in [0.1, 0.15) is 21.5 Å². The van der Waals surface area contributed by atoms with Gasteiger partial charge < -0.3 is 15.5 Å². The van der Waals surface area contributed by atoms with Gasteiger partial charge in [0, 0.05) is 31.9 Å². The highest BCUT2D eigenvalue weighted by Crippen LogP contribution is 2.29. The minimum Gasteiger partial charge on any atom is -0.393 e. The van der Waals surface area contributed by atoms with Gasteiger partial charge in [0.2, 0.25) is 0 Å². The maximum Gasteiger partial charge on any atom is 0.271 e. The molecule has 0 atom stereocenters. The van der Waals surface area contributed by atoms with Crippen molar-refractivity contribution in [3.05, 3.63) is 70.5 Å². The van der Waals surface area contributed by atoms with Gasteiger partial charge >= 0.3 is 0 Å². The molecule has 32 heavy (non-hydrogen) atoms. The zero-order valence-electron chi connectivity index (χ0n) is 18.1. The number of hydrogen-bond acceptors (Lipinski definition) is 7. The molecule has 1 aromatic heterocycles. The van der Waals surface area contributed by atoms with Crippen LogP contribution in [-0.4, -0.2) is 42.1 Å². The molecule has 0 unspecified atom stereocenters. The van der Waals surface area contributed by atoms with Gasteiger partial charge in [-0.3, -0.25) is 15.6 Å². The number of carbonyl (C=O) groups excluding carboxylic acids is 1. The van der Waals surface area contributed by atoms with Crippen molar-refractivity contribution in [2.45, 2.75) is 13.8 Å². The molecule has 3 aromatic rings. The molecule has 1 aliphatic rings. The number of halogens is 1. The van der Waals surface area contributed by atoms with Crippen molar-refractivity contribution < 1.29 is 4.79 Å². The summed E-state index contributed by atoms with van der Waals surface area (Å²) in [5, 5.41) is 0.366. The van der Waals surface area contributed by atoms with Crippen LogP contribution in [0.15, 0.2) is 48.8 Å². The molecule has 4 rings (SSSR count). The van der Waals surface area contributed by atoms with E-state index >= 15 is 0 Å². The predicted octanol–water partition coefficient (Wildman–Crippen LogP) is 3.41. The molecule has 0 radical (unpaired) electrons. The van der Waals surface area contributed by atoms with Crippen molar-refractivity contribution in [2.75, 3.05) is 47.1 Å². The molecule has 0 aliphatic carbocycles. The fraction of sp³-hybridized carbons (Fsp3) is 0.261. The fourth-order valence-electron chi connectivity index (χ4n) is 3.80. The summed E-state index contributed by atoms with van der Waals surface area (Å²) in [4.78, 5) is 25.5. The van der Waals surface area contributed by atoms with Gasteiger partial charge in [0.25, 0.3) is 5.91 Å². The lowest BCUT2D eigenvalue weighted by atomic mass is 10.1. The Bertz CT molecular complexity index is 1130.